The standard InChI is InChI=1S/C36H26N4/c1-2-13-27(14-3-1)40-31-18-6-4-16-29(31)30-17-5-7-19-32-34(36(30)40)35-33(20-10-22-38-35)39(32)28-15-8-11-25(23-28)26-12-9-21-37-24-26/h1-4,6,8-24H,5,7H2/b30-17-,32-19-,36-34-. The molecule has 0 saturated heterocycles. The molecule has 4 aromatic heterocycles. The molecule has 0 radical (unpaired) electrons. The smallest absolute Gasteiger partial charge is 0.0984 e. The first kappa shape index (κ1) is 22.7. The maximum Gasteiger partial charge on any atom is 0.0984 e. The number of hydrogen-bond donors (Lipinski definition) is 0. The Morgan fingerprint density at radius 3 is 2.27 bits per heavy atom. The van der Waals surface area contributed by atoms with Crippen molar-refractivity contribution in [1.82, 2.24) is 19.1 Å². The van der Waals surface area contributed by atoms with Crippen molar-refractivity contribution in [3.8, 4) is 22.5 Å². The average molecular weight is 515 g/mol. The molecule has 4 heteroatoms. The third-order valence-electron chi connectivity index (χ3n) is 7.88. The zero-order chi connectivity index (χ0) is 26.5. The van der Waals surface area contributed by atoms with Crippen LogP contribution in [0.2, 0.25) is 0 Å². The predicted molar refractivity (Wildman–Crippen MR) is 163 cm³/mol. The average Bonchev–Trinajstić information content (AvgIpc) is 3.50. The Labute approximate surface area is 231 Å². The lowest BCUT2D eigenvalue weighted by atomic mass is 10.1. The van der Waals surface area contributed by atoms with E-state index >= 15 is 0 Å². The van der Waals surface area contributed by atoms with E-state index < -0.39 is 0 Å². The quantitative estimate of drug-likeness (QED) is 0.264. The van der Waals surface area contributed by atoms with Crippen molar-refractivity contribution in [3.63, 3.8) is 0 Å². The van der Waals surface area contributed by atoms with Crippen LogP contribution >= 0.6 is 0 Å². The van der Waals surface area contributed by atoms with Crippen LogP contribution < -0.4 is 10.6 Å². The normalized spacial score (nSPS) is 15.3. The van der Waals surface area contributed by atoms with Crippen LogP contribution in [0.5, 0.6) is 0 Å². The van der Waals surface area contributed by atoms with Crippen LogP contribution in [-0.2, 0) is 0 Å². The van der Waals surface area contributed by atoms with Crippen LogP contribution in [0, 0.1) is 10.6 Å². The first-order valence-corrected chi connectivity index (χ1v) is 13.7. The zero-order valence-electron chi connectivity index (χ0n) is 21.9. The van der Waals surface area contributed by atoms with Gasteiger partial charge in [-0.2, -0.15) is 0 Å². The van der Waals surface area contributed by atoms with Crippen LogP contribution in [-0.4, -0.2) is 19.1 Å². The Morgan fingerprint density at radius 1 is 0.600 bits per heavy atom. The molecule has 0 bridgehead atoms. The number of aromatic nitrogens is 4. The lowest BCUT2D eigenvalue weighted by Gasteiger charge is -2.10. The topological polar surface area (TPSA) is 35.6 Å². The monoisotopic (exact) mass is 514 g/mol. The highest BCUT2D eigenvalue weighted by atomic mass is 15.0. The second-order valence-corrected chi connectivity index (χ2v) is 10.2. The van der Waals surface area contributed by atoms with E-state index in [1.807, 2.05) is 30.7 Å². The fourth-order valence-corrected chi connectivity index (χ4v) is 6.21. The summed E-state index contributed by atoms with van der Waals surface area (Å²) in [7, 11) is 0. The molecule has 4 heterocycles. The molecule has 0 fully saturated rings. The van der Waals surface area contributed by atoms with Gasteiger partial charge in [-0.3, -0.25) is 9.97 Å². The van der Waals surface area contributed by atoms with Crippen molar-refractivity contribution in [3.05, 3.63) is 143 Å². The molecule has 190 valence electrons. The summed E-state index contributed by atoms with van der Waals surface area (Å²) in [4.78, 5) is 9.37. The molecular weight excluding hydrogens is 488 g/mol. The molecule has 0 spiro atoms. The van der Waals surface area contributed by atoms with Crippen molar-refractivity contribution >= 4 is 34.1 Å². The summed E-state index contributed by atoms with van der Waals surface area (Å²) in [5, 5.41) is 6.11. The van der Waals surface area contributed by atoms with Gasteiger partial charge in [-0.1, -0.05) is 66.7 Å². The fourth-order valence-electron chi connectivity index (χ4n) is 6.21. The van der Waals surface area contributed by atoms with Gasteiger partial charge in [-0.05, 0) is 66.9 Å². The summed E-state index contributed by atoms with van der Waals surface area (Å²) >= 11 is 0. The number of benzene rings is 3. The summed E-state index contributed by atoms with van der Waals surface area (Å²) < 4.78 is 4.81. The van der Waals surface area contributed by atoms with Gasteiger partial charge in [0.2, 0.25) is 0 Å². The van der Waals surface area contributed by atoms with Gasteiger partial charge in [0.25, 0.3) is 0 Å². The first-order valence-electron chi connectivity index (χ1n) is 13.7. The zero-order valence-corrected chi connectivity index (χ0v) is 21.9. The van der Waals surface area contributed by atoms with E-state index in [1.165, 1.54) is 32.0 Å². The number of para-hydroxylation sites is 2. The van der Waals surface area contributed by atoms with Crippen molar-refractivity contribution in [2.75, 3.05) is 0 Å². The van der Waals surface area contributed by atoms with Crippen LogP contribution in [0.4, 0.5) is 0 Å². The highest BCUT2D eigenvalue weighted by Crippen LogP contribution is 2.26. The molecule has 3 aromatic carbocycles. The van der Waals surface area contributed by atoms with Crippen LogP contribution in [0.25, 0.3) is 56.6 Å². The molecule has 0 amide bonds. The van der Waals surface area contributed by atoms with E-state index in [-0.39, 0.29) is 0 Å². The molecule has 0 saturated carbocycles. The Bertz CT molecular complexity index is 2260. The Balaban J connectivity index is 1.61. The van der Waals surface area contributed by atoms with E-state index in [2.05, 4.69) is 117 Å². The second kappa shape index (κ2) is 9.21. The molecule has 7 aromatic rings. The maximum absolute atomic E-state index is 5.02. The molecule has 0 aliphatic heterocycles. The fraction of sp³-hybridized carbons (Fsp3) is 0.0556. The van der Waals surface area contributed by atoms with Crippen molar-refractivity contribution < 1.29 is 0 Å². The Kier molecular flexibility index (Phi) is 5.23. The number of fused-ring (bicyclic) bond motifs is 6. The molecular formula is C36H26N4. The van der Waals surface area contributed by atoms with Crippen molar-refractivity contribution in [2.24, 2.45) is 0 Å². The van der Waals surface area contributed by atoms with Gasteiger partial charge in [0, 0.05) is 46.1 Å². The summed E-state index contributed by atoms with van der Waals surface area (Å²) in [6.45, 7) is 0. The molecule has 1 aliphatic carbocycles. The maximum atomic E-state index is 5.02. The Morgan fingerprint density at radius 2 is 1.38 bits per heavy atom. The third kappa shape index (κ3) is 3.46. The van der Waals surface area contributed by atoms with E-state index in [0.29, 0.717) is 0 Å². The van der Waals surface area contributed by atoms with Gasteiger partial charge in [-0.15, -0.1) is 0 Å². The highest BCUT2D eigenvalue weighted by Gasteiger charge is 2.17. The predicted octanol–water partition coefficient (Wildman–Crippen LogP) is 6.67. The number of nitrogens with zero attached hydrogens (tertiary/aromatic N) is 4. The van der Waals surface area contributed by atoms with Crippen LogP contribution in [0.15, 0.2) is 122 Å². The van der Waals surface area contributed by atoms with Crippen molar-refractivity contribution in [2.45, 2.75) is 12.8 Å². The SMILES string of the molecule is C1=c2/c(n(-c3ccccc3)c3ccccc23)=c2\c(n(-c3cccc(-c4cccnc4)c3)c3cccnc23)=C\CC\1. The molecule has 8 rings (SSSR count). The van der Waals surface area contributed by atoms with Gasteiger partial charge in [-0.25, -0.2) is 0 Å². The number of hydrogen-bond acceptors (Lipinski definition) is 2. The number of rotatable bonds is 3. The third-order valence-corrected chi connectivity index (χ3v) is 7.88. The minimum Gasteiger partial charge on any atom is -0.308 e. The summed E-state index contributed by atoms with van der Waals surface area (Å²) in [6, 6.07) is 36.5. The minimum atomic E-state index is 0.954. The molecule has 0 atom stereocenters. The molecule has 40 heavy (non-hydrogen) atoms. The van der Waals surface area contributed by atoms with E-state index in [9.17, 15) is 0 Å². The Hall–Kier alpha value is -5.22. The van der Waals surface area contributed by atoms with E-state index in [4.69, 9.17) is 4.98 Å². The van der Waals surface area contributed by atoms with Gasteiger partial charge in [0.15, 0.2) is 0 Å². The van der Waals surface area contributed by atoms with Gasteiger partial charge in [0.1, 0.15) is 0 Å². The summed E-state index contributed by atoms with van der Waals surface area (Å²) in [5.41, 5.74) is 7.83. The lowest BCUT2D eigenvalue weighted by molar-refractivity contribution is 1.01. The second-order valence-electron chi connectivity index (χ2n) is 10.2. The lowest BCUT2D eigenvalue weighted by Crippen LogP contribution is -2.19. The minimum absolute atomic E-state index is 0.954. The van der Waals surface area contributed by atoms with Crippen LogP contribution in [0.3, 0.4) is 0 Å². The largest absolute Gasteiger partial charge is 0.308 e. The molecule has 0 unspecified atom stereocenters. The summed E-state index contributed by atoms with van der Waals surface area (Å²) in [5.74, 6) is 0. The molecule has 0 N–H and O–H groups in total. The first-order chi connectivity index (χ1) is 19.9. The van der Waals surface area contributed by atoms with Gasteiger partial charge in [0.05, 0.1) is 32.5 Å². The van der Waals surface area contributed by atoms with Crippen molar-refractivity contribution in [1.29, 1.82) is 0 Å². The van der Waals surface area contributed by atoms with Gasteiger partial charge < -0.3 is 9.13 Å². The number of pyridine rings is 2. The van der Waals surface area contributed by atoms with Gasteiger partial charge >= 0.3 is 0 Å². The summed E-state index contributed by atoms with van der Waals surface area (Å²) in [6.07, 6.45) is 12.4. The van der Waals surface area contributed by atoms with E-state index in [0.717, 1.165) is 46.4 Å². The van der Waals surface area contributed by atoms with Crippen LogP contribution in [0.1, 0.15) is 12.8 Å². The van der Waals surface area contributed by atoms with E-state index in [1.54, 1.807) is 0 Å². The highest BCUT2D eigenvalue weighted by molar-refractivity contribution is 5.86. The molecule has 4 nitrogen and oxygen atoms in total. The molecule has 1 aliphatic rings.